The lowest BCUT2D eigenvalue weighted by Crippen LogP contribution is -2.14. The minimum absolute atomic E-state index is 0.00455. The third-order valence-electron chi connectivity index (χ3n) is 6.82. The van der Waals surface area contributed by atoms with Crippen molar-refractivity contribution in [2.75, 3.05) is 0 Å². The minimum atomic E-state index is -0.714. The van der Waals surface area contributed by atoms with Crippen LogP contribution in [0.4, 0.5) is 5.69 Å². The molecule has 1 fully saturated rings. The second-order valence-corrected chi connectivity index (χ2v) is 9.72. The number of nitro groups is 1. The van der Waals surface area contributed by atoms with Crippen LogP contribution in [0.3, 0.4) is 0 Å². The molecule has 0 aliphatic heterocycles. The van der Waals surface area contributed by atoms with Gasteiger partial charge in [-0.15, -0.1) is 0 Å². The fraction of sp³-hybridized carbons (Fsp3) is 0.357. The van der Waals surface area contributed by atoms with E-state index >= 15 is 0 Å². The third kappa shape index (κ3) is 5.65. The highest BCUT2D eigenvalue weighted by Crippen LogP contribution is 2.42. The van der Waals surface area contributed by atoms with Crippen molar-refractivity contribution in [2.45, 2.75) is 65.8 Å². The van der Waals surface area contributed by atoms with Gasteiger partial charge in [0, 0.05) is 53.4 Å². The minimum Gasteiger partial charge on any atom is -0.332 e. The van der Waals surface area contributed by atoms with Crippen molar-refractivity contribution >= 4 is 62.4 Å². The summed E-state index contributed by atoms with van der Waals surface area (Å²) in [4.78, 5) is 69.5. The topological polar surface area (TPSA) is 160 Å². The van der Waals surface area contributed by atoms with Crippen molar-refractivity contribution in [1.82, 2.24) is 4.57 Å². The summed E-state index contributed by atoms with van der Waals surface area (Å²) in [6, 6.07) is 7.67. The molecule has 2 aromatic carbocycles. The Hall–Kier alpha value is -4.74. The number of Topliss-reactive ketones (excluding diaryl/α,β-unsaturated/α-hetero) is 2. The fourth-order valence-corrected chi connectivity index (χ4v) is 5.06. The average molecular weight is 549 g/mol. The summed E-state index contributed by atoms with van der Waals surface area (Å²) in [7, 11) is 0. The third-order valence-corrected chi connectivity index (χ3v) is 6.82. The molecule has 12 heteroatoms. The van der Waals surface area contributed by atoms with Crippen LogP contribution < -0.4 is 0 Å². The first kappa shape index (κ1) is 28.3. The maximum absolute atomic E-state index is 13.1. The number of oxime groups is 2. The summed E-state index contributed by atoms with van der Waals surface area (Å²) in [5.41, 5.74) is 0.787. The largest absolute Gasteiger partial charge is 0.332 e. The molecule has 12 nitrogen and oxygen atoms in total. The first-order chi connectivity index (χ1) is 19.0. The van der Waals surface area contributed by atoms with E-state index in [1.807, 2.05) is 4.57 Å². The molecule has 1 heterocycles. The summed E-state index contributed by atoms with van der Waals surface area (Å²) in [5, 5.41) is 20.4. The second-order valence-electron chi connectivity index (χ2n) is 9.72. The van der Waals surface area contributed by atoms with Crippen LogP contribution in [0.2, 0.25) is 0 Å². The number of fused-ring (bicyclic) bond motifs is 3. The highest BCUT2D eigenvalue weighted by Gasteiger charge is 2.29. The van der Waals surface area contributed by atoms with Crippen molar-refractivity contribution < 1.29 is 33.8 Å². The summed E-state index contributed by atoms with van der Waals surface area (Å²) in [6.07, 6.45) is 4.70. The number of nitrogens with zero attached hydrogens (tertiary/aromatic N) is 4. The summed E-state index contributed by atoms with van der Waals surface area (Å²) < 4.78 is 1.95. The average Bonchev–Trinajstić information content (AvgIpc) is 3.27. The number of benzene rings is 2. The molecular formula is C28H28N4O8. The highest BCUT2D eigenvalue weighted by molar-refractivity contribution is 6.46. The van der Waals surface area contributed by atoms with Crippen LogP contribution in [-0.4, -0.2) is 44.4 Å². The van der Waals surface area contributed by atoms with Gasteiger partial charge in [0.05, 0.1) is 4.92 Å². The highest BCUT2D eigenvalue weighted by atomic mass is 16.7. The molecule has 1 aliphatic carbocycles. The molecule has 0 saturated heterocycles. The van der Waals surface area contributed by atoms with E-state index in [-0.39, 0.29) is 34.3 Å². The molecule has 0 bridgehead atoms. The maximum atomic E-state index is 13.1. The van der Waals surface area contributed by atoms with Gasteiger partial charge in [-0.1, -0.05) is 29.6 Å². The summed E-state index contributed by atoms with van der Waals surface area (Å²) >= 11 is 0. The molecule has 4 rings (SSSR count). The zero-order valence-electron chi connectivity index (χ0n) is 22.6. The molecule has 208 valence electrons. The molecule has 0 unspecified atom stereocenters. The Kier molecular flexibility index (Phi) is 8.17. The Morgan fingerprint density at radius 1 is 0.825 bits per heavy atom. The van der Waals surface area contributed by atoms with Gasteiger partial charge in [0.25, 0.3) is 5.69 Å². The number of rotatable bonds is 8. The molecule has 3 aromatic rings. The Balaban J connectivity index is 1.99. The Morgan fingerprint density at radius 2 is 1.38 bits per heavy atom. The molecule has 40 heavy (non-hydrogen) atoms. The zero-order valence-corrected chi connectivity index (χ0v) is 22.6. The van der Waals surface area contributed by atoms with E-state index in [1.54, 1.807) is 18.2 Å². The van der Waals surface area contributed by atoms with E-state index in [9.17, 15) is 29.3 Å². The van der Waals surface area contributed by atoms with Gasteiger partial charge < -0.3 is 14.2 Å². The number of non-ortho nitro benzene ring substituents is 1. The van der Waals surface area contributed by atoms with Gasteiger partial charge in [0.15, 0.2) is 0 Å². The van der Waals surface area contributed by atoms with Crippen LogP contribution >= 0.6 is 0 Å². The normalized spacial score (nSPS) is 14.8. The first-order valence-electron chi connectivity index (χ1n) is 12.8. The van der Waals surface area contributed by atoms with E-state index in [2.05, 4.69) is 20.0 Å². The number of hydrogen-bond donors (Lipinski definition) is 0. The van der Waals surface area contributed by atoms with Gasteiger partial charge in [0.1, 0.15) is 16.9 Å². The van der Waals surface area contributed by atoms with Crippen molar-refractivity contribution in [1.29, 1.82) is 0 Å². The standard InChI is InChI=1S/C28H28N4O8/c1-15(29-39-17(3)33)27(35)19-10-11-24-22(12-19)23-13-20(28(36)16(2)30-40-18(4)34)14-25(32(37)38)26(23)31(24)21-8-6-5-7-9-21/h10-14,21H,5-9H2,1-4H3/b29-15+,30-16+. The van der Waals surface area contributed by atoms with E-state index < -0.39 is 28.4 Å². The van der Waals surface area contributed by atoms with Crippen LogP contribution in [0.5, 0.6) is 0 Å². The number of ketones is 2. The fourth-order valence-electron chi connectivity index (χ4n) is 5.06. The number of carbonyl (C=O) groups excluding carboxylic acids is 4. The lowest BCUT2D eigenvalue weighted by atomic mass is 9.95. The molecule has 0 radical (unpaired) electrons. The molecule has 0 atom stereocenters. The molecule has 1 aliphatic rings. The molecule has 0 amide bonds. The smallest absolute Gasteiger partial charge is 0.331 e. The van der Waals surface area contributed by atoms with Gasteiger partial charge in [-0.3, -0.25) is 19.7 Å². The number of hydrogen-bond acceptors (Lipinski definition) is 10. The van der Waals surface area contributed by atoms with E-state index in [4.69, 9.17) is 0 Å². The van der Waals surface area contributed by atoms with E-state index in [0.717, 1.165) is 46.0 Å². The van der Waals surface area contributed by atoms with Gasteiger partial charge in [0.2, 0.25) is 11.6 Å². The van der Waals surface area contributed by atoms with Crippen LogP contribution in [0.15, 0.2) is 40.6 Å². The summed E-state index contributed by atoms with van der Waals surface area (Å²) in [6.45, 7) is 5.05. The lowest BCUT2D eigenvalue weighted by Gasteiger charge is -2.25. The van der Waals surface area contributed by atoms with Gasteiger partial charge >= 0.3 is 11.9 Å². The first-order valence-corrected chi connectivity index (χ1v) is 12.8. The van der Waals surface area contributed by atoms with Crippen molar-refractivity contribution in [3.63, 3.8) is 0 Å². The SMILES string of the molecule is CC(=O)O/N=C(\C)C(=O)c1ccc2c(c1)c1cc(C(=O)/C(C)=N/OC(C)=O)cc([N+](=O)[O-])c1n2C1CCCCC1. The maximum Gasteiger partial charge on any atom is 0.331 e. The molecule has 0 N–H and O–H groups in total. The van der Waals surface area contributed by atoms with Crippen molar-refractivity contribution in [3.05, 3.63) is 51.6 Å². The summed E-state index contributed by atoms with van der Waals surface area (Å²) in [5.74, 6) is -2.53. The molecular weight excluding hydrogens is 520 g/mol. The second kappa shape index (κ2) is 11.6. The molecule has 1 saturated carbocycles. The van der Waals surface area contributed by atoms with Crippen LogP contribution in [0.1, 0.15) is 86.6 Å². The van der Waals surface area contributed by atoms with Crippen molar-refractivity contribution in [3.8, 4) is 0 Å². The van der Waals surface area contributed by atoms with Crippen LogP contribution in [0.25, 0.3) is 21.8 Å². The van der Waals surface area contributed by atoms with E-state index in [1.165, 1.54) is 26.0 Å². The zero-order chi connectivity index (χ0) is 29.1. The molecule has 1 aromatic heterocycles. The Morgan fingerprint density at radius 3 is 1.93 bits per heavy atom. The number of carbonyl (C=O) groups is 4. The van der Waals surface area contributed by atoms with Crippen molar-refractivity contribution in [2.24, 2.45) is 10.3 Å². The van der Waals surface area contributed by atoms with Gasteiger partial charge in [-0.05, 0) is 51.0 Å². The predicted octanol–water partition coefficient (Wildman–Crippen LogP) is 5.45. The van der Waals surface area contributed by atoms with Gasteiger partial charge in [-0.25, -0.2) is 9.59 Å². The monoisotopic (exact) mass is 548 g/mol. The predicted molar refractivity (Wildman–Crippen MR) is 147 cm³/mol. The van der Waals surface area contributed by atoms with Crippen LogP contribution in [-0.2, 0) is 19.3 Å². The Labute approximate surface area is 228 Å². The Bertz CT molecular complexity index is 1630. The van der Waals surface area contributed by atoms with Gasteiger partial charge in [-0.2, -0.15) is 0 Å². The van der Waals surface area contributed by atoms with E-state index in [0.29, 0.717) is 21.8 Å². The lowest BCUT2D eigenvalue weighted by molar-refractivity contribution is -0.383. The quantitative estimate of drug-likeness (QED) is 0.118. The molecule has 0 spiro atoms. The number of nitro benzene ring substituents is 1. The number of aromatic nitrogens is 1. The van der Waals surface area contributed by atoms with Crippen LogP contribution in [0, 0.1) is 10.1 Å².